The lowest BCUT2D eigenvalue weighted by molar-refractivity contribution is -0.245. The molecule has 2 aromatic heterocycles. The van der Waals surface area contributed by atoms with Gasteiger partial charge in [-0.2, -0.15) is 13.2 Å². The number of imidazole rings is 1. The van der Waals surface area contributed by atoms with Crippen LogP contribution < -0.4 is 35.8 Å². The van der Waals surface area contributed by atoms with Crippen molar-refractivity contribution in [3.05, 3.63) is 60.4 Å². The Bertz CT molecular complexity index is 2130. The summed E-state index contributed by atoms with van der Waals surface area (Å²) in [5.41, 5.74) is 5.07. The number of benzene rings is 2. The molecule has 0 bridgehead atoms. The molecule has 6 atom stereocenters. The summed E-state index contributed by atoms with van der Waals surface area (Å²) in [4.78, 5) is 63.3. The number of rotatable bonds is 15. The normalized spacial score (nSPS) is 20.9. The predicted molar refractivity (Wildman–Crippen MR) is 178 cm³/mol. The van der Waals surface area contributed by atoms with Gasteiger partial charge in [-0.1, -0.05) is 24.8 Å². The highest BCUT2D eigenvalue weighted by atomic mass is 32.2. The second-order valence-corrected chi connectivity index (χ2v) is 17.1. The van der Waals surface area contributed by atoms with Crippen molar-refractivity contribution in [2.45, 2.75) is 49.5 Å². The first kappa shape index (κ1) is 41.6. The number of hydrogen-bond donors (Lipinski definition) is 2. The highest BCUT2D eigenvalue weighted by Crippen LogP contribution is 2.62. The zero-order chi connectivity index (χ0) is 39.5. The number of fused-ring (bicyclic) bond motifs is 1. The van der Waals surface area contributed by atoms with Crippen molar-refractivity contribution in [2.75, 3.05) is 30.5 Å². The Labute approximate surface area is 308 Å². The van der Waals surface area contributed by atoms with Crippen LogP contribution in [-0.4, -0.2) is 57.3 Å². The number of nitrogens with zero attached hydrogens (tertiary/aromatic N) is 4. The van der Waals surface area contributed by atoms with Gasteiger partial charge in [-0.15, -0.1) is 0 Å². The number of anilines is 2. The molecule has 4 unspecified atom stereocenters. The van der Waals surface area contributed by atoms with Gasteiger partial charge < -0.3 is 43.7 Å². The number of alkyl halides is 3. The van der Waals surface area contributed by atoms with Crippen molar-refractivity contribution in [2.24, 2.45) is 0 Å². The van der Waals surface area contributed by atoms with Crippen LogP contribution in [0.25, 0.3) is 11.2 Å². The molecular formula is C28H29F3N6O13P3S-3. The van der Waals surface area contributed by atoms with Gasteiger partial charge in [0.1, 0.15) is 29.7 Å². The highest BCUT2D eigenvalue weighted by Gasteiger charge is 2.41. The molecule has 26 heteroatoms. The van der Waals surface area contributed by atoms with E-state index in [4.69, 9.17) is 24.5 Å². The first-order valence-electron chi connectivity index (χ1n) is 15.4. The van der Waals surface area contributed by atoms with Crippen LogP contribution in [0.2, 0.25) is 0 Å². The molecule has 5 rings (SSSR count). The highest BCUT2D eigenvalue weighted by molar-refractivity contribution is 7.99. The van der Waals surface area contributed by atoms with Gasteiger partial charge in [0.2, 0.25) is 0 Å². The van der Waals surface area contributed by atoms with Gasteiger partial charge in [-0.25, -0.2) is 24.1 Å². The zero-order valence-electron chi connectivity index (χ0n) is 27.8. The lowest BCUT2D eigenvalue weighted by atomic mass is 10.2. The molecule has 1 amide bonds. The number of carbonyl (C=O) groups is 1. The van der Waals surface area contributed by atoms with Crippen molar-refractivity contribution >= 4 is 69.1 Å². The maximum atomic E-state index is 13.2. The lowest BCUT2D eigenvalue weighted by Crippen LogP contribution is -2.33. The second-order valence-electron chi connectivity index (χ2n) is 11.1. The molecule has 0 saturated carbocycles. The Morgan fingerprint density at radius 2 is 1.81 bits per heavy atom. The van der Waals surface area contributed by atoms with Crippen LogP contribution in [0.3, 0.4) is 0 Å². The van der Waals surface area contributed by atoms with Crippen molar-refractivity contribution in [3.63, 3.8) is 0 Å². The van der Waals surface area contributed by atoms with Crippen LogP contribution in [-0.2, 0) is 42.5 Å². The second kappa shape index (κ2) is 16.6. The molecule has 19 nitrogen and oxygen atoms in total. The number of halogens is 3. The van der Waals surface area contributed by atoms with Crippen LogP contribution >= 0.6 is 35.0 Å². The van der Waals surface area contributed by atoms with Crippen molar-refractivity contribution in [1.82, 2.24) is 19.5 Å². The molecular weight excluding hydrogens is 810 g/mol. The van der Waals surface area contributed by atoms with Gasteiger partial charge in [0.05, 0.1) is 25.6 Å². The lowest BCUT2D eigenvalue weighted by Gasteiger charge is -2.35. The number of ether oxygens (including phenoxy) is 3. The topological polar surface area (TPSA) is 274 Å². The summed E-state index contributed by atoms with van der Waals surface area (Å²) in [5.74, 6) is 0.910. The number of thioether (sulfide) groups is 1. The number of hydrogen-bond acceptors (Lipinski definition) is 18. The van der Waals surface area contributed by atoms with Gasteiger partial charge in [0, 0.05) is 23.2 Å². The van der Waals surface area contributed by atoms with E-state index in [0.717, 1.165) is 36.8 Å². The largest absolute Gasteiger partial charge is 0.775 e. The summed E-state index contributed by atoms with van der Waals surface area (Å²) in [7, 11) is -16.3. The average Bonchev–Trinajstić information content (AvgIpc) is 3.69. The van der Waals surface area contributed by atoms with Crippen LogP contribution in [0.4, 0.5) is 29.5 Å². The molecule has 0 spiro atoms. The fourth-order valence-electron chi connectivity index (χ4n) is 4.86. The molecule has 54 heavy (non-hydrogen) atoms. The van der Waals surface area contributed by atoms with Crippen LogP contribution in [0, 0.1) is 0 Å². The fourth-order valence-corrected chi connectivity index (χ4v) is 9.39. The Morgan fingerprint density at radius 1 is 1.09 bits per heavy atom. The maximum Gasteiger partial charge on any atom is 0.416 e. The standard InChI is InChI=1S/C28H32F3N6O13P3S/c1-3-11-54-26-35-24(32)23-25(36-26)37(15-33-23)22-13-20(48-27(38)34-17-6-4-5-16(12-17)28(29,30)31)21(47-22)14-46-52(41,42)50-53(43,44)49-51(39,40)19-9-7-18(45-2)8-10-19/h4-10,12,15,20-22H,3,11,13-14H2,1-2H3,(H,34,38)(H,39,40)(H,41,42)(H,43,44)(H2,32,35,36)/p-3/t20?,21-,22-/m1/s1. The number of nitrogen functional groups attached to an aromatic ring is 1. The van der Waals surface area contributed by atoms with E-state index < -0.39 is 71.4 Å². The summed E-state index contributed by atoms with van der Waals surface area (Å²) < 4.78 is 108. The van der Waals surface area contributed by atoms with Crippen LogP contribution in [0.15, 0.2) is 60.0 Å². The van der Waals surface area contributed by atoms with E-state index in [-0.39, 0.29) is 34.8 Å². The first-order valence-corrected chi connectivity index (χ1v) is 20.8. The van der Waals surface area contributed by atoms with Gasteiger partial charge in [0.25, 0.3) is 15.6 Å². The van der Waals surface area contributed by atoms with Crippen LogP contribution in [0.5, 0.6) is 5.75 Å². The fraction of sp³-hybridized carbons (Fsp3) is 0.357. The number of phosphoric acid groups is 2. The minimum Gasteiger partial charge on any atom is -0.775 e. The van der Waals surface area contributed by atoms with Crippen molar-refractivity contribution in [3.8, 4) is 5.75 Å². The SMILES string of the molecule is CCCSc1nc(N)c2ncn([C@H]3CC(OC(=O)Nc4cccc(C(F)(F)F)c4)[C@@H](COP(=O)([O-])OP(=O)([O-])OP(=O)([O-])c4ccc(OC)cc4)O3)c2n1. The smallest absolute Gasteiger partial charge is 0.416 e. The van der Waals surface area contributed by atoms with Crippen molar-refractivity contribution in [1.29, 1.82) is 0 Å². The third-order valence-electron chi connectivity index (χ3n) is 7.24. The third-order valence-corrected chi connectivity index (χ3v) is 13.0. The summed E-state index contributed by atoms with van der Waals surface area (Å²) in [6.07, 6.45) is -8.27. The Kier molecular flexibility index (Phi) is 12.8. The van der Waals surface area contributed by atoms with E-state index in [9.17, 15) is 46.3 Å². The maximum absolute atomic E-state index is 13.2. The first-order chi connectivity index (χ1) is 25.3. The monoisotopic (exact) mass is 839 g/mol. The van der Waals surface area contributed by atoms with E-state index in [1.165, 1.54) is 41.9 Å². The predicted octanol–water partition coefficient (Wildman–Crippen LogP) is 3.71. The third kappa shape index (κ3) is 10.6. The molecule has 1 aliphatic rings. The van der Waals surface area contributed by atoms with Gasteiger partial charge in [-0.3, -0.25) is 23.3 Å². The molecule has 4 aromatic rings. The number of carbonyl (C=O) groups excluding carboxylic acids is 1. The number of nitrogens with two attached hydrogens (primary N) is 1. The number of amides is 1. The minimum atomic E-state index is -6.19. The Balaban J connectivity index is 1.34. The van der Waals surface area contributed by atoms with E-state index in [1.807, 2.05) is 6.92 Å². The van der Waals surface area contributed by atoms with Crippen LogP contribution in [0.1, 0.15) is 31.6 Å². The molecule has 294 valence electrons. The van der Waals surface area contributed by atoms with E-state index in [0.29, 0.717) is 17.0 Å². The van der Waals surface area contributed by atoms with Gasteiger partial charge >= 0.3 is 12.3 Å². The number of methoxy groups -OCH3 is 1. The molecule has 3 heterocycles. The van der Waals surface area contributed by atoms with Crippen molar-refractivity contribution < 1.29 is 73.7 Å². The molecule has 3 N–H and O–H groups in total. The minimum absolute atomic E-state index is 0.0341. The number of phosphoric ester groups is 1. The summed E-state index contributed by atoms with van der Waals surface area (Å²) >= 11 is 1.30. The molecule has 0 aliphatic carbocycles. The molecule has 1 saturated heterocycles. The summed E-state index contributed by atoms with van der Waals surface area (Å²) in [5, 5.41) is 1.79. The van der Waals surface area contributed by atoms with E-state index in [1.54, 1.807) is 0 Å². The summed E-state index contributed by atoms with van der Waals surface area (Å²) in [6.45, 7) is 0.851. The summed E-state index contributed by atoms with van der Waals surface area (Å²) in [6, 6.07) is 7.85. The Morgan fingerprint density at radius 3 is 2.48 bits per heavy atom. The quantitative estimate of drug-likeness (QED) is 0.0980. The Hall–Kier alpha value is -3.59. The zero-order valence-corrected chi connectivity index (χ0v) is 31.3. The van der Waals surface area contributed by atoms with Gasteiger partial charge in [0.15, 0.2) is 24.2 Å². The molecule has 1 fully saturated rings. The van der Waals surface area contributed by atoms with E-state index >= 15 is 0 Å². The van der Waals surface area contributed by atoms with E-state index in [2.05, 4.69) is 28.9 Å². The average molecular weight is 840 g/mol. The molecule has 0 radical (unpaired) electrons. The number of nitrogens with one attached hydrogen (secondary N) is 1. The van der Waals surface area contributed by atoms with Gasteiger partial charge in [-0.05, 0) is 48.9 Å². The molecule has 1 aliphatic heterocycles. The number of aromatic nitrogens is 4. The molecule has 2 aromatic carbocycles.